The summed E-state index contributed by atoms with van der Waals surface area (Å²) in [5, 5.41) is 2.69. The van der Waals surface area contributed by atoms with Gasteiger partial charge >= 0.3 is 0 Å². The van der Waals surface area contributed by atoms with Gasteiger partial charge in [-0.1, -0.05) is 6.42 Å². The Balaban J connectivity index is 2.05. The minimum absolute atomic E-state index is 0.0215. The lowest BCUT2D eigenvalue weighted by molar-refractivity contribution is -0.146. The third-order valence-electron chi connectivity index (χ3n) is 4.69. The van der Waals surface area contributed by atoms with Gasteiger partial charge in [-0.25, -0.2) is 0 Å². The van der Waals surface area contributed by atoms with Crippen LogP contribution in [-0.2, 0) is 9.59 Å². The van der Waals surface area contributed by atoms with Crippen LogP contribution in [0.2, 0.25) is 0 Å². The van der Waals surface area contributed by atoms with Crippen molar-refractivity contribution in [2.75, 3.05) is 26.7 Å². The van der Waals surface area contributed by atoms with Gasteiger partial charge in [0.25, 0.3) is 0 Å². The van der Waals surface area contributed by atoms with E-state index in [0.717, 1.165) is 25.7 Å². The maximum absolute atomic E-state index is 12.5. The predicted molar refractivity (Wildman–Crippen MR) is 68.7 cm³/mol. The minimum Gasteiger partial charge on any atom is -0.359 e. The molecule has 1 heterocycles. The number of carbonyl (C=O) groups is 2. The van der Waals surface area contributed by atoms with Crippen LogP contribution >= 0.6 is 0 Å². The fourth-order valence-corrected chi connectivity index (χ4v) is 3.07. The second kappa shape index (κ2) is 4.53. The first-order chi connectivity index (χ1) is 8.47. The van der Waals surface area contributed by atoms with E-state index >= 15 is 0 Å². The third-order valence-corrected chi connectivity index (χ3v) is 4.69. The summed E-state index contributed by atoms with van der Waals surface area (Å²) in [4.78, 5) is 26.2. The Morgan fingerprint density at radius 1 is 1.33 bits per heavy atom. The van der Waals surface area contributed by atoms with Gasteiger partial charge in [0.05, 0.1) is 10.8 Å². The van der Waals surface area contributed by atoms with E-state index < -0.39 is 5.41 Å². The molecule has 1 saturated heterocycles. The van der Waals surface area contributed by atoms with Crippen molar-refractivity contribution < 1.29 is 9.59 Å². The van der Waals surface area contributed by atoms with Gasteiger partial charge in [-0.15, -0.1) is 0 Å². The highest BCUT2D eigenvalue weighted by atomic mass is 16.2. The van der Waals surface area contributed by atoms with Crippen LogP contribution in [0.15, 0.2) is 0 Å². The molecule has 2 aliphatic rings. The predicted octanol–water partition coefficient (Wildman–Crippen LogP) is 0.100. The van der Waals surface area contributed by atoms with Gasteiger partial charge in [0.15, 0.2) is 0 Å². The fourth-order valence-electron chi connectivity index (χ4n) is 3.07. The number of likely N-dealkylation sites (tertiary alicyclic amines) is 1. The van der Waals surface area contributed by atoms with Crippen LogP contribution in [0.5, 0.6) is 0 Å². The van der Waals surface area contributed by atoms with Crippen LogP contribution in [0.1, 0.15) is 32.6 Å². The third kappa shape index (κ3) is 1.90. The molecule has 1 unspecified atom stereocenters. The number of nitrogens with one attached hydrogen (secondary N) is 1. The number of nitrogens with zero attached hydrogens (tertiary/aromatic N) is 1. The lowest BCUT2D eigenvalue weighted by Crippen LogP contribution is -2.52. The van der Waals surface area contributed by atoms with Gasteiger partial charge in [0.2, 0.25) is 11.8 Å². The first-order valence-electron chi connectivity index (χ1n) is 6.69. The Hall–Kier alpha value is -1.10. The number of amides is 2. The molecule has 2 amide bonds. The van der Waals surface area contributed by atoms with E-state index in [1.165, 1.54) is 0 Å². The van der Waals surface area contributed by atoms with Gasteiger partial charge in [-0.3, -0.25) is 9.59 Å². The Labute approximate surface area is 108 Å². The molecular formula is C13H23N3O2. The summed E-state index contributed by atoms with van der Waals surface area (Å²) < 4.78 is 0. The maximum atomic E-state index is 12.5. The highest BCUT2D eigenvalue weighted by Gasteiger charge is 2.49. The second-order valence-corrected chi connectivity index (χ2v) is 5.95. The van der Waals surface area contributed by atoms with Crippen molar-refractivity contribution in [3.8, 4) is 0 Å². The van der Waals surface area contributed by atoms with Gasteiger partial charge in [-0.05, 0) is 26.2 Å². The summed E-state index contributed by atoms with van der Waals surface area (Å²) in [6, 6.07) is 0. The molecular weight excluding hydrogens is 230 g/mol. The lowest BCUT2D eigenvalue weighted by atomic mass is 9.68. The summed E-state index contributed by atoms with van der Waals surface area (Å²) in [5.74, 6) is 0.178. The van der Waals surface area contributed by atoms with E-state index in [4.69, 9.17) is 5.73 Å². The van der Waals surface area contributed by atoms with Crippen molar-refractivity contribution in [2.45, 2.75) is 32.6 Å². The highest BCUT2D eigenvalue weighted by molar-refractivity contribution is 5.87. The second-order valence-electron chi connectivity index (χ2n) is 5.95. The molecule has 1 aliphatic carbocycles. The molecule has 3 N–H and O–H groups in total. The van der Waals surface area contributed by atoms with Crippen molar-refractivity contribution >= 4 is 11.8 Å². The van der Waals surface area contributed by atoms with Gasteiger partial charge in [-0.2, -0.15) is 0 Å². The van der Waals surface area contributed by atoms with Crippen molar-refractivity contribution in [2.24, 2.45) is 16.6 Å². The van der Waals surface area contributed by atoms with Crippen molar-refractivity contribution in [1.29, 1.82) is 0 Å². The molecule has 0 aromatic carbocycles. The molecule has 5 nitrogen and oxygen atoms in total. The van der Waals surface area contributed by atoms with Gasteiger partial charge in [0, 0.05) is 26.7 Å². The molecule has 0 radical (unpaired) electrons. The lowest BCUT2D eigenvalue weighted by Gasteiger charge is -2.42. The smallest absolute Gasteiger partial charge is 0.230 e. The number of hydrogen-bond acceptors (Lipinski definition) is 3. The van der Waals surface area contributed by atoms with E-state index in [-0.39, 0.29) is 17.2 Å². The SMILES string of the molecule is CNC(=O)C1(C)CCN(C(=O)C2(CN)CCC2)C1. The Morgan fingerprint density at radius 3 is 2.44 bits per heavy atom. The summed E-state index contributed by atoms with van der Waals surface area (Å²) >= 11 is 0. The van der Waals surface area contributed by atoms with Crippen LogP contribution in [0, 0.1) is 10.8 Å². The largest absolute Gasteiger partial charge is 0.359 e. The topological polar surface area (TPSA) is 75.4 Å². The molecule has 5 heteroatoms. The van der Waals surface area contributed by atoms with E-state index in [2.05, 4.69) is 5.32 Å². The number of carbonyl (C=O) groups excluding carboxylic acids is 2. The summed E-state index contributed by atoms with van der Waals surface area (Å²) in [7, 11) is 1.64. The normalized spacial score (nSPS) is 29.8. The van der Waals surface area contributed by atoms with E-state index in [0.29, 0.717) is 19.6 Å². The number of hydrogen-bond donors (Lipinski definition) is 2. The van der Waals surface area contributed by atoms with Crippen LogP contribution in [0.4, 0.5) is 0 Å². The molecule has 0 bridgehead atoms. The quantitative estimate of drug-likeness (QED) is 0.749. The standard InChI is InChI=1S/C13H23N3O2/c1-12(10(17)15-2)6-7-16(9-12)11(18)13(8-14)4-3-5-13/h3-9,14H2,1-2H3,(H,15,17). The Kier molecular flexibility index (Phi) is 3.36. The fraction of sp³-hybridized carbons (Fsp3) is 0.846. The average Bonchev–Trinajstić information content (AvgIpc) is 2.71. The first kappa shape index (κ1) is 13.3. The molecule has 1 saturated carbocycles. The summed E-state index contributed by atoms with van der Waals surface area (Å²) in [5.41, 5.74) is 5.00. The van der Waals surface area contributed by atoms with Crippen LogP contribution in [0.3, 0.4) is 0 Å². The molecule has 0 aromatic heterocycles. The summed E-state index contributed by atoms with van der Waals surface area (Å²) in [6.07, 6.45) is 3.62. The molecule has 2 rings (SSSR count). The average molecular weight is 253 g/mol. The highest BCUT2D eigenvalue weighted by Crippen LogP contribution is 2.43. The van der Waals surface area contributed by atoms with Crippen LogP contribution < -0.4 is 11.1 Å². The molecule has 2 fully saturated rings. The molecule has 0 spiro atoms. The van der Waals surface area contributed by atoms with Gasteiger partial charge in [0.1, 0.15) is 0 Å². The Bertz CT molecular complexity index is 360. The van der Waals surface area contributed by atoms with Crippen molar-refractivity contribution in [3.63, 3.8) is 0 Å². The van der Waals surface area contributed by atoms with E-state index in [1.807, 2.05) is 11.8 Å². The van der Waals surface area contributed by atoms with Crippen molar-refractivity contribution in [3.05, 3.63) is 0 Å². The zero-order valence-electron chi connectivity index (χ0n) is 11.3. The monoisotopic (exact) mass is 253 g/mol. The Morgan fingerprint density at radius 2 is 2.00 bits per heavy atom. The van der Waals surface area contributed by atoms with Crippen molar-refractivity contribution in [1.82, 2.24) is 10.2 Å². The summed E-state index contributed by atoms with van der Waals surface area (Å²) in [6.45, 7) is 3.55. The first-order valence-corrected chi connectivity index (χ1v) is 6.69. The number of nitrogens with two attached hydrogens (primary N) is 1. The van der Waals surface area contributed by atoms with Crippen LogP contribution in [0.25, 0.3) is 0 Å². The minimum atomic E-state index is -0.441. The van der Waals surface area contributed by atoms with E-state index in [1.54, 1.807) is 7.05 Å². The zero-order chi connectivity index (χ0) is 13.4. The zero-order valence-corrected chi connectivity index (χ0v) is 11.3. The van der Waals surface area contributed by atoms with Gasteiger partial charge < -0.3 is 16.0 Å². The molecule has 1 atom stereocenters. The van der Waals surface area contributed by atoms with Crippen LogP contribution in [-0.4, -0.2) is 43.4 Å². The van der Waals surface area contributed by atoms with E-state index in [9.17, 15) is 9.59 Å². The molecule has 102 valence electrons. The molecule has 1 aliphatic heterocycles. The molecule has 0 aromatic rings. The maximum Gasteiger partial charge on any atom is 0.230 e. The number of rotatable bonds is 3. The molecule has 18 heavy (non-hydrogen) atoms.